The standard InChI is InChI=1S/C14H10N2O4/c17-11-10(9-4-2-1-3-5-9)8-16(13(19)12(11)18)14-15-6-7-20-14/h1-7,10H,8H2. The number of anilines is 1. The lowest BCUT2D eigenvalue weighted by Crippen LogP contribution is -2.51. The van der Waals surface area contributed by atoms with Crippen LogP contribution in [0, 0.1) is 0 Å². The summed E-state index contributed by atoms with van der Waals surface area (Å²) in [6.45, 7) is 0.0495. The maximum atomic E-state index is 12.0. The summed E-state index contributed by atoms with van der Waals surface area (Å²) in [5.74, 6) is -3.31. The van der Waals surface area contributed by atoms with Crippen molar-refractivity contribution in [2.24, 2.45) is 0 Å². The summed E-state index contributed by atoms with van der Waals surface area (Å²) in [5.41, 5.74) is 0.690. The normalized spacial score (nSPS) is 19.5. The lowest BCUT2D eigenvalue weighted by atomic mass is 9.88. The molecule has 1 amide bonds. The lowest BCUT2D eigenvalue weighted by molar-refractivity contribution is -0.146. The number of rotatable bonds is 2. The van der Waals surface area contributed by atoms with Gasteiger partial charge in [-0.2, -0.15) is 0 Å². The number of carbonyl (C=O) groups excluding carboxylic acids is 3. The Morgan fingerprint density at radius 1 is 1.15 bits per heavy atom. The van der Waals surface area contributed by atoms with Crippen LogP contribution in [0.1, 0.15) is 11.5 Å². The first-order valence-corrected chi connectivity index (χ1v) is 6.03. The zero-order valence-corrected chi connectivity index (χ0v) is 10.4. The number of piperidine rings is 1. The van der Waals surface area contributed by atoms with Gasteiger partial charge < -0.3 is 4.42 Å². The van der Waals surface area contributed by atoms with Gasteiger partial charge in [0.2, 0.25) is 5.78 Å². The van der Waals surface area contributed by atoms with E-state index in [1.807, 2.05) is 6.07 Å². The van der Waals surface area contributed by atoms with E-state index in [2.05, 4.69) is 4.98 Å². The van der Waals surface area contributed by atoms with Crippen molar-refractivity contribution in [2.75, 3.05) is 11.4 Å². The van der Waals surface area contributed by atoms with E-state index in [4.69, 9.17) is 4.42 Å². The highest BCUT2D eigenvalue weighted by molar-refractivity contribution is 6.67. The SMILES string of the molecule is O=C1C(=O)C(c2ccccc2)CN(c2ncco2)C1=O. The molecular weight excluding hydrogens is 260 g/mol. The second-order valence-corrected chi connectivity index (χ2v) is 4.39. The Bertz CT molecular complexity index is 664. The summed E-state index contributed by atoms with van der Waals surface area (Å²) in [5, 5.41) is 0. The van der Waals surface area contributed by atoms with Crippen LogP contribution in [0.15, 0.2) is 47.2 Å². The number of oxazole rings is 1. The average Bonchev–Trinajstić information content (AvgIpc) is 3.00. The van der Waals surface area contributed by atoms with Crippen molar-refractivity contribution in [1.29, 1.82) is 0 Å². The zero-order valence-electron chi connectivity index (χ0n) is 10.4. The van der Waals surface area contributed by atoms with E-state index in [1.165, 1.54) is 12.5 Å². The molecule has 6 heteroatoms. The molecule has 3 rings (SSSR count). The van der Waals surface area contributed by atoms with Gasteiger partial charge in [-0.15, -0.1) is 0 Å². The molecule has 1 saturated heterocycles. The number of amides is 1. The molecule has 6 nitrogen and oxygen atoms in total. The van der Waals surface area contributed by atoms with E-state index in [1.54, 1.807) is 24.3 Å². The van der Waals surface area contributed by atoms with Crippen molar-refractivity contribution < 1.29 is 18.8 Å². The van der Waals surface area contributed by atoms with Crippen LogP contribution in [0.3, 0.4) is 0 Å². The van der Waals surface area contributed by atoms with Crippen LogP contribution in [-0.2, 0) is 14.4 Å². The maximum absolute atomic E-state index is 12.0. The molecule has 0 spiro atoms. The Morgan fingerprint density at radius 3 is 2.55 bits per heavy atom. The second-order valence-electron chi connectivity index (χ2n) is 4.39. The van der Waals surface area contributed by atoms with Gasteiger partial charge in [-0.05, 0) is 5.56 Å². The summed E-state index contributed by atoms with van der Waals surface area (Å²) >= 11 is 0. The lowest BCUT2D eigenvalue weighted by Gasteiger charge is -2.27. The zero-order chi connectivity index (χ0) is 14.1. The van der Waals surface area contributed by atoms with Crippen LogP contribution < -0.4 is 4.90 Å². The molecule has 2 aromatic rings. The fourth-order valence-corrected chi connectivity index (χ4v) is 2.19. The summed E-state index contributed by atoms with van der Waals surface area (Å²) in [7, 11) is 0. The molecule has 1 atom stereocenters. The first kappa shape index (κ1) is 12.3. The molecule has 20 heavy (non-hydrogen) atoms. The summed E-state index contributed by atoms with van der Waals surface area (Å²) < 4.78 is 5.04. The molecule has 1 aliphatic rings. The van der Waals surface area contributed by atoms with E-state index >= 15 is 0 Å². The number of nitrogens with zero attached hydrogens (tertiary/aromatic N) is 2. The molecule has 1 fully saturated rings. The molecule has 0 aliphatic carbocycles. The first-order valence-electron chi connectivity index (χ1n) is 6.03. The third-order valence-corrected chi connectivity index (χ3v) is 3.20. The molecule has 100 valence electrons. The first-order chi connectivity index (χ1) is 9.68. The number of hydrogen-bond donors (Lipinski definition) is 0. The van der Waals surface area contributed by atoms with Crippen LogP contribution in [0.4, 0.5) is 6.01 Å². The van der Waals surface area contributed by atoms with Gasteiger partial charge in [-0.3, -0.25) is 19.3 Å². The summed E-state index contributed by atoms with van der Waals surface area (Å²) in [6, 6.07) is 8.89. The van der Waals surface area contributed by atoms with Gasteiger partial charge in [-0.25, -0.2) is 4.98 Å². The van der Waals surface area contributed by atoms with E-state index < -0.39 is 23.4 Å². The van der Waals surface area contributed by atoms with Gasteiger partial charge >= 0.3 is 11.9 Å². The largest absolute Gasteiger partial charge is 0.432 e. The number of benzene rings is 1. The minimum absolute atomic E-state index is 0.0248. The molecule has 1 aliphatic heterocycles. The molecular formula is C14H10N2O4. The minimum Gasteiger partial charge on any atom is -0.432 e. The molecule has 2 heterocycles. The van der Waals surface area contributed by atoms with Crippen molar-refractivity contribution >= 4 is 23.5 Å². The molecule has 0 saturated carbocycles. The highest BCUT2D eigenvalue weighted by Crippen LogP contribution is 2.26. The van der Waals surface area contributed by atoms with Gasteiger partial charge in [0.05, 0.1) is 12.1 Å². The topological polar surface area (TPSA) is 80.5 Å². The van der Waals surface area contributed by atoms with Crippen molar-refractivity contribution in [2.45, 2.75) is 5.92 Å². The van der Waals surface area contributed by atoms with E-state index in [0.29, 0.717) is 5.56 Å². The number of Topliss-reactive ketones (excluding diaryl/α,β-unsaturated/α-hetero) is 2. The summed E-state index contributed by atoms with van der Waals surface area (Å²) in [6.07, 6.45) is 2.68. The molecule has 1 aromatic heterocycles. The number of hydrogen-bond acceptors (Lipinski definition) is 5. The fraction of sp³-hybridized carbons (Fsp3) is 0.143. The Balaban J connectivity index is 1.98. The number of aromatic nitrogens is 1. The molecule has 0 bridgehead atoms. The highest BCUT2D eigenvalue weighted by atomic mass is 16.4. The fourth-order valence-electron chi connectivity index (χ4n) is 2.19. The van der Waals surface area contributed by atoms with Gasteiger partial charge in [0.15, 0.2) is 0 Å². The Morgan fingerprint density at radius 2 is 1.90 bits per heavy atom. The smallest absolute Gasteiger partial charge is 0.306 e. The predicted molar refractivity (Wildman–Crippen MR) is 68.1 cm³/mol. The monoisotopic (exact) mass is 270 g/mol. The quantitative estimate of drug-likeness (QED) is 0.759. The van der Waals surface area contributed by atoms with Gasteiger partial charge in [0.25, 0.3) is 5.78 Å². The van der Waals surface area contributed by atoms with Crippen molar-refractivity contribution in [3.05, 3.63) is 48.4 Å². The third-order valence-electron chi connectivity index (χ3n) is 3.20. The van der Waals surface area contributed by atoms with Gasteiger partial charge in [0.1, 0.15) is 6.26 Å². The maximum Gasteiger partial charge on any atom is 0.306 e. The van der Waals surface area contributed by atoms with Gasteiger partial charge in [0, 0.05) is 6.54 Å². The Labute approximate surface area is 114 Å². The van der Waals surface area contributed by atoms with E-state index in [0.717, 1.165) is 4.90 Å². The minimum atomic E-state index is -1.04. The van der Waals surface area contributed by atoms with E-state index in [-0.39, 0.29) is 12.6 Å². The average molecular weight is 270 g/mol. The summed E-state index contributed by atoms with van der Waals surface area (Å²) in [4.78, 5) is 40.6. The molecule has 1 unspecified atom stereocenters. The van der Waals surface area contributed by atoms with Crippen LogP contribution in [0.2, 0.25) is 0 Å². The van der Waals surface area contributed by atoms with Gasteiger partial charge in [-0.1, -0.05) is 30.3 Å². The molecule has 0 N–H and O–H groups in total. The Kier molecular flexibility index (Phi) is 2.90. The van der Waals surface area contributed by atoms with Crippen LogP contribution in [-0.4, -0.2) is 29.0 Å². The third kappa shape index (κ3) is 1.91. The second kappa shape index (κ2) is 4.73. The van der Waals surface area contributed by atoms with E-state index in [9.17, 15) is 14.4 Å². The Hall–Kier alpha value is -2.76. The van der Waals surface area contributed by atoms with Crippen molar-refractivity contribution in [1.82, 2.24) is 4.98 Å². The van der Waals surface area contributed by atoms with Crippen LogP contribution in [0.25, 0.3) is 0 Å². The van der Waals surface area contributed by atoms with Crippen molar-refractivity contribution in [3.63, 3.8) is 0 Å². The van der Waals surface area contributed by atoms with Crippen LogP contribution in [0.5, 0.6) is 0 Å². The highest BCUT2D eigenvalue weighted by Gasteiger charge is 2.43. The molecule has 1 aromatic carbocycles. The van der Waals surface area contributed by atoms with Crippen molar-refractivity contribution in [3.8, 4) is 0 Å². The molecule has 0 radical (unpaired) electrons. The predicted octanol–water partition coefficient (Wildman–Crippen LogP) is 0.943. The number of ketones is 2. The van der Waals surface area contributed by atoms with Crippen LogP contribution >= 0.6 is 0 Å². The number of carbonyl (C=O) groups is 3.